The molecule has 0 bridgehead atoms. The maximum atomic E-state index is 13.3. The van der Waals surface area contributed by atoms with E-state index in [1.807, 2.05) is 13.0 Å². The van der Waals surface area contributed by atoms with Crippen LogP contribution >= 0.6 is 0 Å². The number of amides is 2. The Kier molecular flexibility index (Phi) is 7.83. The number of aryl methyl sites for hydroxylation is 1. The summed E-state index contributed by atoms with van der Waals surface area (Å²) in [6.07, 6.45) is -1.74. The number of anilines is 1. The molecule has 1 aliphatic rings. The van der Waals surface area contributed by atoms with Crippen LogP contribution in [-0.4, -0.2) is 59.8 Å². The van der Waals surface area contributed by atoms with Gasteiger partial charge in [-0.3, -0.25) is 9.59 Å². The molecule has 2 amide bonds. The first-order chi connectivity index (χ1) is 18.8. The number of halogens is 3. The minimum Gasteiger partial charge on any atom is -0.484 e. The van der Waals surface area contributed by atoms with Gasteiger partial charge in [-0.2, -0.15) is 28.2 Å². The van der Waals surface area contributed by atoms with Crippen molar-refractivity contribution in [3.63, 3.8) is 0 Å². The van der Waals surface area contributed by atoms with E-state index in [1.165, 1.54) is 35.1 Å². The van der Waals surface area contributed by atoms with Crippen LogP contribution in [0.4, 0.5) is 19.0 Å². The summed E-state index contributed by atoms with van der Waals surface area (Å²) in [5.74, 6) is -2.23. The fourth-order valence-corrected chi connectivity index (χ4v) is 4.80. The summed E-state index contributed by atoms with van der Waals surface area (Å²) >= 11 is 0. The molecule has 3 heterocycles. The Morgan fingerprint density at radius 2 is 2.05 bits per heavy atom. The molecule has 0 radical (unpaired) electrons. The molecule has 3 aromatic rings. The average Bonchev–Trinajstić information content (AvgIpc) is 3.24. The van der Waals surface area contributed by atoms with Crippen molar-refractivity contribution in [2.75, 3.05) is 23.9 Å². The van der Waals surface area contributed by atoms with Crippen molar-refractivity contribution in [1.82, 2.24) is 20.1 Å². The Labute approximate surface area is 226 Å². The molecular formula is C25H23F3N6O5S. The number of fused-ring (bicyclic) bond motifs is 1. The second kappa shape index (κ2) is 11.0. The van der Waals surface area contributed by atoms with Gasteiger partial charge in [0.1, 0.15) is 23.1 Å². The monoisotopic (exact) mass is 576 g/mol. The highest BCUT2D eigenvalue weighted by Gasteiger charge is 2.35. The van der Waals surface area contributed by atoms with Gasteiger partial charge in [-0.15, -0.1) is 0 Å². The minimum absolute atomic E-state index is 0.00689. The third-order valence-corrected chi connectivity index (χ3v) is 6.69. The van der Waals surface area contributed by atoms with E-state index in [-0.39, 0.29) is 40.6 Å². The van der Waals surface area contributed by atoms with E-state index in [0.29, 0.717) is 17.5 Å². The summed E-state index contributed by atoms with van der Waals surface area (Å²) in [5.41, 5.74) is 1.84. The van der Waals surface area contributed by atoms with Crippen molar-refractivity contribution in [2.45, 2.75) is 32.0 Å². The number of nitrogens with zero attached hydrogens (tertiary/aromatic N) is 4. The Hall–Kier alpha value is -4.45. The Morgan fingerprint density at radius 3 is 2.65 bits per heavy atom. The lowest BCUT2D eigenvalue weighted by molar-refractivity contribution is -0.153. The first-order valence-electron chi connectivity index (χ1n) is 11.9. The van der Waals surface area contributed by atoms with E-state index in [0.717, 1.165) is 6.26 Å². The minimum atomic E-state index is -4.49. The quantitative estimate of drug-likeness (QED) is 0.415. The molecule has 15 heteroatoms. The SMILES string of the molecule is CCc1cc(OCC(F)(F)F)ccc1[C@H]1Cc2nn(-c3ccc(C#N)cn3)c(NC(=O)CS(C)(=O)=O)c2C(=O)N1. The molecule has 1 atom stereocenters. The number of hydrogen-bond acceptors (Lipinski definition) is 8. The molecule has 2 aromatic heterocycles. The molecule has 210 valence electrons. The van der Waals surface area contributed by atoms with Gasteiger partial charge >= 0.3 is 6.18 Å². The second-order valence-corrected chi connectivity index (χ2v) is 11.2. The van der Waals surface area contributed by atoms with Gasteiger partial charge in [0, 0.05) is 18.9 Å². The third-order valence-electron chi connectivity index (χ3n) is 5.91. The van der Waals surface area contributed by atoms with Crippen molar-refractivity contribution in [2.24, 2.45) is 0 Å². The van der Waals surface area contributed by atoms with Gasteiger partial charge in [0.05, 0.1) is 17.3 Å². The molecule has 4 rings (SSSR count). The molecular weight excluding hydrogens is 553 g/mol. The van der Waals surface area contributed by atoms with E-state index in [9.17, 15) is 31.2 Å². The standard InChI is InChI=1S/C25H23F3N6O5S/c1-3-15-8-16(39-13-25(26,27)28)5-6-17(15)18-9-19-22(24(36)31-18)23(32-21(35)12-40(2,37)38)34(33-19)20-7-4-14(10-29)11-30-20/h4-8,11,18H,3,9,12-13H2,1-2H3,(H,31,36)(H,32,35)/t18-/m1/s1. The zero-order valence-electron chi connectivity index (χ0n) is 21.2. The summed E-state index contributed by atoms with van der Waals surface area (Å²) in [7, 11) is -3.68. The third kappa shape index (κ3) is 6.57. The van der Waals surface area contributed by atoms with Crippen molar-refractivity contribution in [3.05, 3.63) is 64.5 Å². The largest absolute Gasteiger partial charge is 0.484 e. The number of aromatic nitrogens is 3. The predicted octanol–water partition coefficient (Wildman–Crippen LogP) is 2.65. The topological polar surface area (TPSA) is 156 Å². The number of rotatable bonds is 8. The predicted molar refractivity (Wildman–Crippen MR) is 136 cm³/mol. The van der Waals surface area contributed by atoms with Crippen molar-refractivity contribution in [1.29, 1.82) is 5.26 Å². The molecule has 0 saturated heterocycles. The van der Waals surface area contributed by atoms with Crippen LogP contribution in [0.25, 0.3) is 5.82 Å². The molecule has 1 aromatic carbocycles. The number of alkyl halides is 3. The number of sulfone groups is 1. The van der Waals surface area contributed by atoms with Gasteiger partial charge in [0.25, 0.3) is 5.91 Å². The number of carbonyl (C=O) groups excluding carboxylic acids is 2. The number of carbonyl (C=O) groups is 2. The van der Waals surface area contributed by atoms with Crippen LogP contribution in [0, 0.1) is 11.3 Å². The van der Waals surface area contributed by atoms with Crippen LogP contribution in [-0.2, 0) is 27.5 Å². The number of ether oxygens (including phenoxy) is 1. The smallest absolute Gasteiger partial charge is 0.422 e. The summed E-state index contributed by atoms with van der Waals surface area (Å²) in [5, 5.41) is 18.8. The van der Waals surface area contributed by atoms with E-state index < -0.39 is 46.2 Å². The number of nitriles is 1. The van der Waals surface area contributed by atoms with Gasteiger partial charge in [-0.05, 0) is 41.8 Å². The molecule has 0 unspecified atom stereocenters. The lowest BCUT2D eigenvalue weighted by Crippen LogP contribution is -2.36. The van der Waals surface area contributed by atoms with Gasteiger partial charge < -0.3 is 15.4 Å². The lowest BCUT2D eigenvalue weighted by Gasteiger charge is -2.26. The van der Waals surface area contributed by atoms with Crippen LogP contribution in [0.2, 0.25) is 0 Å². The van der Waals surface area contributed by atoms with Crippen molar-refractivity contribution in [3.8, 4) is 17.6 Å². The van der Waals surface area contributed by atoms with Crippen molar-refractivity contribution >= 4 is 27.5 Å². The summed E-state index contributed by atoms with van der Waals surface area (Å²) in [4.78, 5) is 30.0. The van der Waals surface area contributed by atoms with Crippen molar-refractivity contribution < 1.29 is 35.9 Å². The summed E-state index contributed by atoms with van der Waals surface area (Å²) < 4.78 is 67.1. The van der Waals surface area contributed by atoms with E-state index in [4.69, 9.17) is 10.00 Å². The molecule has 0 saturated carbocycles. The van der Waals surface area contributed by atoms with Gasteiger partial charge in [0.15, 0.2) is 28.1 Å². The molecule has 40 heavy (non-hydrogen) atoms. The van der Waals surface area contributed by atoms with Crippen LogP contribution in [0.5, 0.6) is 5.75 Å². The second-order valence-electron chi connectivity index (χ2n) is 9.07. The molecule has 11 nitrogen and oxygen atoms in total. The average molecular weight is 577 g/mol. The summed E-state index contributed by atoms with van der Waals surface area (Å²) in [6, 6.07) is 8.69. The Balaban J connectivity index is 1.71. The maximum absolute atomic E-state index is 13.3. The zero-order chi connectivity index (χ0) is 29.2. The highest BCUT2D eigenvalue weighted by atomic mass is 32.2. The molecule has 1 aliphatic heterocycles. The highest BCUT2D eigenvalue weighted by molar-refractivity contribution is 7.91. The number of pyridine rings is 1. The Morgan fingerprint density at radius 1 is 1.30 bits per heavy atom. The molecule has 0 aliphatic carbocycles. The van der Waals surface area contributed by atoms with Crippen LogP contribution in [0.1, 0.15) is 45.7 Å². The molecule has 0 spiro atoms. The molecule has 2 N–H and O–H groups in total. The van der Waals surface area contributed by atoms with Crippen LogP contribution in [0.15, 0.2) is 36.5 Å². The lowest BCUT2D eigenvalue weighted by atomic mass is 9.91. The van der Waals surface area contributed by atoms with E-state index >= 15 is 0 Å². The van der Waals surface area contributed by atoms with Crippen LogP contribution in [0.3, 0.4) is 0 Å². The molecule has 0 fully saturated rings. The van der Waals surface area contributed by atoms with Gasteiger partial charge in [-0.1, -0.05) is 13.0 Å². The normalized spacial score (nSPS) is 15.1. The summed E-state index contributed by atoms with van der Waals surface area (Å²) in [6.45, 7) is 0.372. The van der Waals surface area contributed by atoms with Crippen LogP contribution < -0.4 is 15.4 Å². The fourth-order valence-electron chi connectivity index (χ4n) is 4.26. The first kappa shape index (κ1) is 28.6. The zero-order valence-corrected chi connectivity index (χ0v) is 22.1. The Bertz CT molecular complexity index is 1610. The van der Waals surface area contributed by atoms with E-state index in [2.05, 4.69) is 20.7 Å². The van der Waals surface area contributed by atoms with Gasteiger partial charge in [-0.25, -0.2) is 13.4 Å². The van der Waals surface area contributed by atoms with Gasteiger partial charge in [0.2, 0.25) is 5.91 Å². The first-order valence-corrected chi connectivity index (χ1v) is 13.9. The fraction of sp³-hybridized carbons (Fsp3) is 0.320. The number of benzene rings is 1. The van der Waals surface area contributed by atoms with E-state index in [1.54, 1.807) is 6.07 Å². The number of hydrogen-bond donors (Lipinski definition) is 2. The maximum Gasteiger partial charge on any atom is 0.422 e. The number of nitrogens with one attached hydrogen (secondary N) is 2. The highest BCUT2D eigenvalue weighted by Crippen LogP contribution is 2.34.